The first kappa shape index (κ1) is 22.1. The topological polar surface area (TPSA) is 71.3 Å². The molecule has 1 aromatic carbocycles. The molecule has 0 spiro atoms. The number of thiophene rings is 1. The summed E-state index contributed by atoms with van der Waals surface area (Å²) in [5.74, 6) is -0.625. The third-order valence-electron chi connectivity index (χ3n) is 5.73. The summed E-state index contributed by atoms with van der Waals surface area (Å²) in [6.45, 7) is 9.21. The largest absolute Gasteiger partial charge is 0.507 e. The number of aliphatic hydroxyl groups excluding tert-OH is 1. The smallest absolute Gasteiger partial charge is 0.295 e. The summed E-state index contributed by atoms with van der Waals surface area (Å²) >= 11 is 1.48. The molecule has 1 saturated heterocycles. The van der Waals surface area contributed by atoms with Gasteiger partial charge in [-0.1, -0.05) is 6.07 Å². The minimum atomic E-state index is -0.631. The maximum Gasteiger partial charge on any atom is 0.295 e. The zero-order valence-electron chi connectivity index (χ0n) is 17.9. The number of nitrogens with zero attached hydrogens (tertiary/aromatic N) is 1. The van der Waals surface area contributed by atoms with Gasteiger partial charge in [-0.15, -0.1) is 11.3 Å². The molecule has 7 heteroatoms. The number of aryl methyl sites for hydroxylation is 1. The van der Waals surface area contributed by atoms with Gasteiger partial charge in [-0.3, -0.25) is 9.59 Å². The molecule has 2 N–H and O–H groups in total. The van der Waals surface area contributed by atoms with Crippen LogP contribution in [0, 0.1) is 6.92 Å². The van der Waals surface area contributed by atoms with Crippen molar-refractivity contribution in [3.8, 4) is 5.75 Å². The van der Waals surface area contributed by atoms with Crippen LogP contribution in [0.25, 0.3) is 5.76 Å². The van der Waals surface area contributed by atoms with Crippen molar-refractivity contribution in [2.75, 3.05) is 33.3 Å². The number of ether oxygens (including phenoxy) is 1. The van der Waals surface area contributed by atoms with Crippen molar-refractivity contribution in [3.63, 3.8) is 0 Å². The Kier molecular flexibility index (Phi) is 6.95. The number of carbonyl (C=O) groups excluding carboxylic acids is 2. The number of likely N-dealkylation sites (N-methyl/N-ethyl adjacent to an activating group) is 1. The Morgan fingerprint density at radius 2 is 1.97 bits per heavy atom. The van der Waals surface area contributed by atoms with Gasteiger partial charge in [-0.2, -0.15) is 0 Å². The second-order valence-corrected chi connectivity index (χ2v) is 8.38. The van der Waals surface area contributed by atoms with Gasteiger partial charge in [-0.05, 0) is 56.0 Å². The molecule has 3 rings (SSSR count). The van der Waals surface area contributed by atoms with Crippen LogP contribution in [0.1, 0.15) is 35.9 Å². The van der Waals surface area contributed by atoms with Gasteiger partial charge in [0, 0.05) is 10.4 Å². The average Bonchev–Trinajstić information content (AvgIpc) is 3.36. The molecule has 0 radical (unpaired) electrons. The molecule has 0 saturated carbocycles. The van der Waals surface area contributed by atoms with Gasteiger partial charge >= 0.3 is 0 Å². The lowest BCUT2D eigenvalue weighted by Gasteiger charge is -2.26. The number of aliphatic hydroxyl groups is 1. The van der Waals surface area contributed by atoms with Crippen LogP contribution in [0.5, 0.6) is 5.75 Å². The second-order valence-electron chi connectivity index (χ2n) is 7.40. The lowest BCUT2D eigenvalue weighted by molar-refractivity contribution is -0.895. The maximum atomic E-state index is 13.0. The van der Waals surface area contributed by atoms with E-state index in [4.69, 9.17) is 4.74 Å². The summed E-state index contributed by atoms with van der Waals surface area (Å²) in [4.78, 5) is 29.7. The van der Waals surface area contributed by atoms with Gasteiger partial charge in [0.15, 0.2) is 0 Å². The van der Waals surface area contributed by atoms with E-state index in [1.807, 2.05) is 24.4 Å². The summed E-state index contributed by atoms with van der Waals surface area (Å²) in [6.07, 6.45) is 0. The minimum absolute atomic E-state index is 0.143. The highest BCUT2D eigenvalue weighted by molar-refractivity contribution is 7.10. The molecule has 2 heterocycles. The highest BCUT2D eigenvalue weighted by Gasteiger charge is 2.46. The Balaban J connectivity index is 2.05. The Labute approximate surface area is 181 Å². The fourth-order valence-electron chi connectivity index (χ4n) is 3.92. The molecular formula is C23H29N2O4S+. The number of nitrogens with one attached hydrogen (secondary N) is 1. The van der Waals surface area contributed by atoms with Gasteiger partial charge in [0.1, 0.15) is 11.5 Å². The predicted octanol–water partition coefficient (Wildman–Crippen LogP) is 2.41. The molecule has 1 aliphatic heterocycles. The Bertz CT molecular complexity index is 948. The third kappa shape index (κ3) is 4.13. The normalized spacial score (nSPS) is 18.4. The molecule has 2 aromatic rings. The molecule has 1 fully saturated rings. The standard InChI is InChI=1S/C23H28N2O4S/c1-5-24(6-2)11-12-25-20(18-8-7-13-30-18)19(22(27)23(25)28)21(26)16-9-10-17(29-4)15(3)14-16/h7-10,13-14,20,26H,5-6,11-12H2,1-4H3/p+1. The summed E-state index contributed by atoms with van der Waals surface area (Å²) in [7, 11) is 1.59. The van der Waals surface area contributed by atoms with Crippen LogP contribution in [0.2, 0.25) is 0 Å². The van der Waals surface area contributed by atoms with Gasteiger partial charge in [0.2, 0.25) is 0 Å². The predicted molar refractivity (Wildman–Crippen MR) is 118 cm³/mol. The molecule has 30 heavy (non-hydrogen) atoms. The van der Waals surface area contributed by atoms with Crippen LogP contribution in [-0.4, -0.2) is 55.0 Å². The zero-order chi connectivity index (χ0) is 21.8. The van der Waals surface area contributed by atoms with E-state index in [-0.39, 0.29) is 11.3 Å². The molecule has 0 bridgehead atoms. The number of likely N-dealkylation sites (tertiary alicyclic amines) is 1. The summed E-state index contributed by atoms with van der Waals surface area (Å²) in [5, 5.41) is 13.0. The van der Waals surface area contributed by atoms with Crippen LogP contribution < -0.4 is 9.64 Å². The second kappa shape index (κ2) is 9.45. The van der Waals surface area contributed by atoms with Crippen molar-refractivity contribution >= 4 is 28.8 Å². The van der Waals surface area contributed by atoms with E-state index >= 15 is 0 Å². The lowest BCUT2D eigenvalue weighted by Crippen LogP contribution is -3.12. The maximum absolute atomic E-state index is 13.0. The quantitative estimate of drug-likeness (QED) is 0.384. The Morgan fingerprint density at radius 1 is 1.23 bits per heavy atom. The molecule has 1 atom stereocenters. The molecule has 6 nitrogen and oxygen atoms in total. The van der Waals surface area contributed by atoms with Crippen molar-refractivity contribution < 1.29 is 24.3 Å². The number of carbonyl (C=O) groups is 2. The van der Waals surface area contributed by atoms with E-state index in [0.717, 1.165) is 30.1 Å². The SMILES string of the molecule is CC[NH+](CC)CCN1C(=O)C(=O)C(=C(O)c2ccc(OC)c(C)c2)C1c1cccs1. The van der Waals surface area contributed by atoms with Crippen LogP contribution >= 0.6 is 11.3 Å². The fraction of sp³-hybridized carbons (Fsp3) is 0.391. The molecule has 160 valence electrons. The number of quaternary nitrogens is 1. The minimum Gasteiger partial charge on any atom is -0.507 e. The lowest BCUT2D eigenvalue weighted by atomic mass is 9.99. The number of Topliss-reactive ketones (excluding diaryl/α,β-unsaturated/α-hetero) is 1. The molecule has 1 aromatic heterocycles. The molecule has 1 aliphatic rings. The molecule has 1 amide bonds. The van der Waals surface area contributed by atoms with E-state index in [1.54, 1.807) is 30.2 Å². The van der Waals surface area contributed by atoms with E-state index in [2.05, 4.69) is 13.8 Å². The van der Waals surface area contributed by atoms with E-state index in [1.165, 1.54) is 16.2 Å². The van der Waals surface area contributed by atoms with E-state index in [9.17, 15) is 14.7 Å². The highest BCUT2D eigenvalue weighted by Crippen LogP contribution is 2.41. The fourth-order valence-corrected chi connectivity index (χ4v) is 4.76. The number of rotatable bonds is 8. The third-order valence-corrected chi connectivity index (χ3v) is 6.65. The van der Waals surface area contributed by atoms with Crippen LogP contribution in [0.15, 0.2) is 41.3 Å². The first-order valence-corrected chi connectivity index (χ1v) is 11.1. The number of hydrogen-bond donors (Lipinski definition) is 2. The molecule has 0 aliphatic carbocycles. The first-order chi connectivity index (χ1) is 14.4. The van der Waals surface area contributed by atoms with Crippen LogP contribution in [-0.2, 0) is 9.59 Å². The van der Waals surface area contributed by atoms with Crippen LogP contribution in [0.3, 0.4) is 0 Å². The van der Waals surface area contributed by atoms with Crippen molar-refractivity contribution in [2.45, 2.75) is 26.8 Å². The number of benzene rings is 1. The number of hydrogen-bond acceptors (Lipinski definition) is 5. The zero-order valence-corrected chi connectivity index (χ0v) is 18.7. The summed E-state index contributed by atoms with van der Waals surface area (Å²) < 4.78 is 5.29. The van der Waals surface area contributed by atoms with Crippen LogP contribution in [0.4, 0.5) is 0 Å². The average molecular weight is 430 g/mol. The van der Waals surface area contributed by atoms with Crippen molar-refractivity contribution in [3.05, 3.63) is 57.3 Å². The van der Waals surface area contributed by atoms with Crippen molar-refractivity contribution in [2.24, 2.45) is 0 Å². The van der Waals surface area contributed by atoms with Gasteiger partial charge < -0.3 is 19.6 Å². The highest BCUT2D eigenvalue weighted by atomic mass is 32.1. The Hall–Kier alpha value is -2.64. The monoisotopic (exact) mass is 429 g/mol. The van der Waals surface area contributed by atoms with Gasteiger partial charge in [0.25, 0.3) is 11.7 Å². The number of amides is 1. The molecular weight excluding hydrogens is 400 g/mol. The van der Waals surface area contributed by atoms with E-state index in [0.29, 0.717) is 17.9 Å². The Morgan fingerprint density at radius 3 is 2.53 bits per heavy atom. The molecule has 1 unspecified atom stereocenters. The summed E-state index contributed by atoms with van der Waals surface area (Å²) in [6, 6.07) is 8.47. The first-order valence-electron chi connectivity index (χ1n) is 10.2. The number of ketones is 1. The van der Waals surface area contributed by atoms with Gasteiger partial charge in [-0.25, -0.2) is 0 Å². The van der Waals surface area contributed by atoms with Crippen molar-refractivity contribution in [1.29, 1.82) is 0 Å². The van der Waals surface area contributed by atoms with Gasteiger partial charge in [0.05, 0.1) is 44.9 Å². The number of methoxy groups -OCH3 is 1. The van der Waals surface area contributed by atoms with E-state index < -0.39 is 17.7 Å². The van der Waals surface area contributed by atoms with Crippen molar-refractivity contribution in [1.82, 2.24) is 4.90 Å². The summed E-state index contributed by atoms with van der Waals surface area (Å²) in [5.41, 5.74) is 1.50.